The van der Waals surface area contributed by atoms with Crippen molar-refractivity contribution >= 4 is 19.2 Å². The van der Waals surface area contributed by atoms with Gasteiger partial charge >= 0.3 is 0 Å². The molecule has 0 saturated carbocycles. The first kappa shape index (κ1) is 23.9. The molecule has 0 spiro atoms. The molecule has 1 aromatic carbocycles. The summed E-state index contributed by atoms with van der Waals surface area (Å²) < 4.78 is 14.5. The van der Waals surface area contributed by atoms with E-state index in [1.165, 1.54) is 4.57 Å². The second-order valence-electron chi connectivity index (χ2n) is 11.6. The lowest BCUT2D eigenvalue weighted by molar-refractivity contribution is -0.0881. The molecule has 2 aliphatic rings. The summed E-state index contributed by atoms with van der Waals surface area (Å²) >= 11 is 0. The summed E-state index contributed by atoms with van der Waals surface area (Å²) in [5.41, 5.74) is 1.46. The van der Waals surface area contributed by atoms with Gasteiger partial charge in [0.15, 0.2) is 8.32 Å². The molecule has 2 N–H and O–H groups in total. The van der Waals surface area contributed by atoms with E-state index in [4.69, 9.17) is 9.16 Å². The first-order valence-electron chi connectivity index (χ1n) is 12.2. The lowest BCUT2D eigenvalue weighted by Gasteiger charge is -2.37. The number of nitriles is 1. The van der Waals surface area contributed by atoms with Crippen LogP contribution in [0.4, 0.5) is 0 Å². The quantitative estimate of drug-likeness (QED) is 0.428. The van der Waals surface area contributed by atoms with E-state index in [0.717, 1.165) is 12.8 Å². The maximum absolute atomic E-state index is 11.6. The van der Waals surface area contributed by atoms with Crippen molar-refractivity contribution < 1.29 is 19.4 Å². The maximum atomic E-state index is 11.6. The molecule has 0 radical (unpaired) electrons. The fraction of sp³-hybridized carbons (Fsp3) is 0.481. The normalized spacial score (nSPS) is 23.6. The van der Waals surface area contributed by atoms with E-state index in [0.29, 0.717) is 46.3 Å². The Labute approximate surface area is 207 Å². The van der Waals surface area contributed by atoms with Gasteiger partial charge in [0.2, 0.25) is 11.8 Å². The second kappa shape index (κ2) is 7.57. The number of fused-ring (bicyclic) bond motifs is 6. The Balaban J connectivity index is 1.60. The van der Waals surface area contributed by atoms with Crippen LogP contribution in [0.15, 0.2) is 30.5 Å². The summed E-state index contributed by atoms with van der Waals surface area (Å²) in [4.78, 5) is 4.38. The number of pyridine rings is 1. The van der Waals surface area contributed by atoms with Crippen molar-refractivity contribution in [2.45, 2.75) is 76.3 Å². The van der Waals surface area contributed by atoms with E-state index in [1.54, 1.807) is 24.4 Å². The minimum Gasteiger partial charge on any atom is -0.494 e. The highest BCUT2D eigenvalue weighted by atomic mass is 28.4. The minimum atomic E-state index is -1.94. The van der Waals surface area contributed by atoms with E-state index < -0.39 is 19.5 Å². The molecule has 7 nitrogen and oxygen atoms in total. The van der Waals surface area contributed by atoms with E-state index in [1.807, 2.05) is 13.0 Å². The van der Waals surface area contributed by atoms with Crippen LogP contribution in [0.1, 0.15) is 63.6 Å². The maximum Gasteiger partial charge on any atom is 0.205 e. The van der Waals surface area contributed by atoms with E-state index in [-0.39, 0.29) is 16.8 Å². The van der Waals surface area contributed by atoms with Crippen molar-refractivity contribution in [2.24, 2.45) is 0 Å². The molecule has 0 aliphatic carbocycles. The highest BCUT2D eigenvalue weighted by Gasteiger charge is 2.61. The van der Waals surface area contributed by atoms with Crippen molar-refractivity contribution in [1.82, 2.24) is 9.55 Å². The van der Waals surface area contributed by atoms with E-state index in [2.05, 4.69) is 44.9 Å². The lowest BCUT2D eigenvalue weighted by atomic mass is 9.78. The smallest absolute Gasteiger partial charge is 0.205 e. The van der Waals surface area contributed by atoms with Gasteiger partial charge in [0.1, 0.15) is 11.7 Å². The van der Waals surface area contributed by atoms with Gasteiger partial charge in [0.05, 0.1) is 33.5 Å². The van der Waals surface area contributed by atoms with Crippen LogP contribution in [0.3, 0.4) is 0 Å². The Kier molecular flexibility index (Phi) is 5.16. The zero-order chi connectivity index (χ0) is 25.4. The van der Waals surface area contributed by atoms with Gasteiger partial charge in [-0.1, -0.05) is 20.8 Å². The third kappa shape index (κ3) is 3.33. The number of benzene rings is 1. The predicted molar refractivity (Wildman–Crippen MR) is 136 cm³/mol. The lowest BCUT2D eigenvalue weighted by Crippen LogP contribution is -2.41. The number of hydrogen-bond acceptors (Lipinski definition) is 6. The van der Waals surface area contributed by atoms with Crippen molar-refractivity contribution in [2.75, 3.05) is 6.61 Å². The summed E-state index contributed by atoms with van der Waals surface area (Å²) in [6.45, 7) is 13.6. The molecule has 8 heteroatoms. The average molecular weight is 492 g/mol. The Morgan fingerprint density at radius 2 is 1.89 bits per heavy atom. The Morgan fingerprint density at radius 1 is 1.17 bits per heavy atom. The van der Waals surface area contributed by atoms with Gasteiger partial charge in [-0.3, -0.25) is 9.55 Å². The Morgan fingerprint density at radius 3 is 2.57 bits per heavy atom. The van der Waals surface area contributed by atoms with Gasteiger partial charge in [-0.15, -0.1) is 0 Å². The molecule has 2 aromatic heterocycles. The van der Waals surface area contributed by atoms with Crippen LogP contribution in [0.5, 0.6) is 11.8 Å². The fourth-order valence-electron chi connectivity index (χ4n) is 5.47. The molecule has 2 bridgehead atoms. The fourth-order valence-corrected chi connectivity index (χ4v) is 6.51. The molecule has 1 fully saturated rings. The Hall–Kier alpha value is -2.86. The summed E-state index contributed by atoms with van der Waals surface area (Å²) in [5.74, 6) is -0.0511. The highest BCUT2D eigenvalue weighted by Crippen LogP contribution is 2.65. The number of aromatic nitrogens is 2. The van der Waals surface area contributed by atoms with Crippen molar-refractivity contribution in [3.63, 3.8) is 0 Å². The van der Waals surface area contributed by atoms with Gasteiger partial charge in [-0.2, -0.15) is 5.26 Å². The molecule has 0 unspecified atom stereocenters. The second-order valence-corrected chi connectivity index (χ2v) is 16.4. The van der Waals surface area contributed by atoms with Crippen molar-refractivity contribution in [1.29, 1.82) is 5.26 Å². The van der Waals surface area contributed by atoms with Crippen molar-refractivity contribution in [3.8, 4) is 23.5 Å². The van der Waals surface area contributed by atoms with Crippen LogP contribution in [-0.4, -0.2) is 34.7 Å². The van der Waals surface area contributed by atoms with Crippen LogP contribution in [0.25, 0.3) is 16.6 Å². The number of rotatable bonds is 5. The number of nitrogens with zero attached hydrogens (tertiary/aromatic N) is 3. The molecule has 0 amide bonds. The zero-order valence-corrected chi connectivity index (χ0v) is 22.3. The molecular formula is C27H33N3O4Si. The van der Waals surface area contributed by atoms with Crippen LogP contribution in [0, 0.1) is 11.3 Å². The van der Waals surface area contributed by atoms with Gasteiger partial charge in [0.25, 0.3) is 0 Å². The number of ether oxygens (including phenoxy) is 1. The van der Waals surface area contributed by atoms with Crippen LogP contribution >= 0.6 is 0 Å². The van der Waals surface area contributed by atoms with Crippen LogP contribution < -0.4 is 0 Å². The first-order valence-corrected chi connectivity index (χ1v) is 15.1. The topological polar surface area (TPSA) is 101 Å². The third-order valence-electron chi connectivity index (χ3n) is 8.41. The highest BCUT2D eigenvalue weighted by molar-refractivity contribution is 6.74. The van der Waals surface area contributed by atoms with Gasteiger partial charge in [-0.25, -0.2) is 0 Å². The van der Waals surface area contributed by atoms with Crippen molar-refractivity contribution in [3.05, 3.63) is 47.2 Å². The van der Waals surface area contributed by atoms with Gasteiger partial charge < -0.3 is 19.4 Å². The predicted octanol–water partition coefficient (Wildman–Crippen LogP) is 5.95. The molecule has 2 atom stereocenters. The molecule has 5 rings (SSSR count). The van der Waals surface area contributed by atoms with E-state index in [9.17, 15) is 15.5 Å². The molecule has 35 heavy (non-hydrogen) atoms. The molecular weight excluding hydrogens is 458 g/mol. The summed E-state index contributed by atoms with van der Waals surface area (Å²) in [6, 6.07) is 9.22. The van der Waals surface area contributed by atoms with Crippen LogP contribution in [-0.2, 0) is 20.4 Å². The first-order chi connectivity index (χ1) is 16.4. The number of hydrogen-bond donors (Lipinski definition) is 2. The van der Waals surface area contributed by atoms with Gasteiger partial charge in [0, 0.05) is 24.6 Å². The average Bonchev–Trinajstić information content (AvgIpc) is 3.37. The molecule has 4 heterocycles. The SMILES string of the molecule is CC(C)(C)[Si](C)(C)OCC[C@]12CC[C@](C)(O1)c1c2c(O)n(-c2ccc(C#N)c3ncccc23)c1O. The Bertz CT molecular complexity index is 1380. The van der Waals surface area contributed by atoms with Gasteiger partial charge in [-0.05, 0) is 62.2 Å². The summed E-state index contributed by atoms with van der Waals surface area (Å²) in [7, 11) is -1.94. The molecule has 184 valence electrons. The molecule has 1 saturated heterocycles. The molecule has 3 aromatic rings. The standard InChI is InChI=1S/C27H33N3O4Si/c1-25(2,3)35(5,6)33-15-13-27-12-11-26(4,34-27)20-21(27)24(32)30(23(20)31)19-10-9-17(16-28)22-18(19)8-7-14-29-22/h7-10,14,31-32H,11-13,15H2,1-6H3/t26-,27-/m0/s1. The number of aromatic hydroxyl groups is 2. The monoisotopic (exact) mass is 491 g/mol. The van der Waals surface area contributed by atoms with E-state index >= 15 is 0 Å². The third-order valence-corrected chi connectivity index (χ3v) is 13.0. The summed E-state index contributed by atoms with van der Waals surface area (Å²) in [6.07, 6.45) is 3.75. The largest absolute Gasteiger partial charge is 0.494 e. The minimum absolute atomic E-state index is 0.0249. The summed E-state index contributed by atoms with van der Waals surface area (Å²) in [5, 5.41) is 33.3. The van der Waals surface area contributed by atoms with Crippen LogP contribution in [0.2, 0.25) is 18.1 Å². The molecule has 2 aliphatic heterocycles. The zero-order valence-electron chi connectivity index (χ0n) is 21.3.